The summed E-state index contributed by atoms with van der Waals surface area (Å²) in [5, 5.41) is 1.22. The molecular formula is C16H11ClO3. The fraction of sp³-hybridized carbons (Fsp3) is 0.0625. The van der Waals surface area contributed by atoms with Crippen molar-refractivity contribution in [3.05, 3.63) is 69.5 Å². The molecule has 1 heterocycles. The Morgan fingerprint density at radius 2 is 1.85 bits per heavy atom. The minimum Gasteiger partial charge on any atom is -0.455 e. The van der Waals surface area contributed by atoms with Crippen molar-refractivity contribution in [1.82, 2.24) is 0 Å². The molecule has 3 rings (SSSR count). The molecule has 2 aromatic carbocycles. The zero-order chi connectivity index (χ0) is 14.1. The Labute approximate surface area is 120 Å². The summed E-state index contributed by atoms with van der Waals surface area (Å²) < 4.78 is 10.9. The Morgan fingerprint density at radius 1 is 1.05 bits per heavy atom. The number of fused-ring (bicyclic) bond motifs is 1. The van der Waals surface area contributed by atoms with E-state index in [1.807, 2.05) is 31.2 Å². The van der Waals surface area contributed by atoms with Crippen LogP contribution in [0, 0.1) is 6.92 Å². The van der Waals surface area contributed by atoms with Crippen molar-refractivity contribution in [3.8, 4) is 11.5 Å². The van der Waals surface area contributed by atoms with Gasteiger partial charge in [-0.05, 0) is 36.8 Å². The molecule has 0 unspecified atom stereocenters. The molecule has 3 aromatic rings. The van der Waals surface area contributed by atoms with E-state index in [1.54, 1.807) is 18.2 Å². The summed E-state index contributed by atoms with van der Waals surface area (Å²) in [5.74, 6) is 0.951. The van der Waals surface area contributed by atoms with Gasteiger partial charge in [0.05, 0.1) is 16.5 Å². The van der Waals surface area contributed by atoms with Crippen molar-refractivity contribution in [3.63, 3.8) is 0 Å². The van der Waals surface area contributed by atoms with Crippen LogP contribution >= 0.6 is 11.6 Å². The maximum atomic E-state index is 11.6. The normalized spacial score (nSPS) is 10.7. The van der Waals surface area contributed by atoms with Gasteiger partial charge in [-0.15, -0.1) is 0 Å². The first-order chi connectivity index (χ1) is 9.63. The van der Waals surface area contributed by atoms with Gasteiger partial charge in [0.15, 0.2) is 0 Å². The molecule has 0 aliphatic carbocycles. The van der Waals surface area contributed by atoms with Crippen molar-refractivity contribution >= 4 is 22.6 Å². The minimum absolute atomic E-state index is 0.435. The summed E-state index contributed by atoms with van der Waals surface area (Å²) in [4.78, 5) is 11.6. The molecule has 100 valence electrons. The van der Waals surface area contributed by atoms with Crippen LogP contribution in [0.25, 0.3) is 11.0 Å². The molecule has 0 radical (unpaired) electrons. The molecule has 1 aromatic heterocycles. The fourth-order valence-corrected chi connectivity index (χ4v) is 2.13. The number of benzene rings is 2. The van der Waals surface area contributed by atoms with Crippen molar-refractivity contribution in [1.29, 1.82) is 0 Å². The molecule has 0 fully saturated rings. The second-order valence-corrected chi connectivity index (χ2v) is 4.87. The Bertz CT molecular complexity index is 836. The van der Waals surface area contributed by atoms with E-state index in [1.165, 1.54) is 6.07 Å². The molecule has 4 heteroatoms. The number of rotatable bonds is 2. The highest BCUT2D eigenvalue weighted by molar-refractivity contribution is 6.32. The lowest BCUT2D eigenvalue weighted by Crippen LogP contribution is -1.98. The number of halogens is 1. The second-order valence-electron chi connectivity index (χ2n) is 4.46. The van der Waals surface area contributed by atoms with Gasteiger partial charge in [-0.1, -0.05) is 29.8 Å². The van der Waals surface area contributed by atoms with Crippen molar-refractivity contribution < 1.29 is 9.15 Å². The van der Waals surface area contributed by atoms with E-state index in [9.17, 15) is 4.79 Å². The number of hydrogen-bond donors (Lipinski definition) is 0. The lowest BCUT2D eigenvalue weighted by Gasteiger charge is -2.10. The van der Waals surface area contributed by atoms with E-state index < -0.39 is 5.63 Å². The van der Waals surface area contributed by atoms with Gasteiger partial charge in [0, 0.05) is 0 Å². The highest BCUT2D eigenvalue weighted by Crippen LogP contribution is 2.33. The van der Waals surface area contributed by atoms with E-state index in [0.29, 0.717) is 22.1 Å². The average Bonchev–Trinajstić information content (AvgIpc) is 2.43. The maximum absolute atomic E-state index is 11.6. The molecular weight excluding hydrogens is 276 g/mol. The summed E-state index contributed by atoms with van der Waals surface area (Å²) in [6.45, 7) is 1.95. The monoisotopic (exact) mass is 286 g/mol. The van der Waals surface area contributed by atoms with E-state index in [2.05, 4.69) is 0 Å². The van der Waals surface area contributed by atoms with Crippen LogP contribution in [0.15, 0.2) is 57.7 Å². The van der Waals surface area contributed by atoms with Crippen molar-refractivity contribution in [2.45, 2.75) is 6.92 Å². The molecule has 0 bridgehead atoms. The van der Waals surface area contributed by atoms with Crippen LogP contribution in [0.3, 0.4) is 0 Å². The predicted octanol–water partition coefficient (Wildman–Crippen LogP) is 4.55. The number of aryl methyl sites for hydroxylation is 1. The maximum Gasteiger partial charge on any atom is 0.339 e. The lowest BCUT2D eigenvalue weighted by atomic mass is 10.2. The molecule has 20 heavy (non-hydrogen) atoms. The standard InChI is InChI=1S/C16H11ClO3/c1-10-6-7-12(17)15(8-10)19-14-9-16(18)20-13-5-3-2-4-11(13)14/h2-9H,1H3. The minimum atomic E-state index is -0.456. The Kier molecular flexibility index (Phi) is 3.20. The van der Waals surface area contributed by atoms with Gasteiger partial charge >= 0.3 is 5.63 Å². The first-order valence-corrected chi connectivity index (χ1v) is 6.48. The average molecular weight is 287 g/mol. The molecule has 0 N–H and O–H groups in total. The summed E-state index contributed by atoms with van der Waals surface area (Å²) in [6.07, 6.45) is 0. The molecule has 0 saturated carbocycles. The number of hydrogen-bond acceptors (Lipinski definition) is 3. The van der Waals surface area contributed by atoms with Gasteiger partial charge < -0.3 is 9.15 Å². The number of para-hydroxylation sites is 1. The highest BCUT2D eigenvalue weighted by atomic mass is 35.5. The second kappa shape index (κ2) is 5.02. The van der Waals surface area contributed by atoms with E-state index >= 15 is 0 Å². The highest BCUT2D eigenvalue weighted by Gasteiger charge is 2.09. The van der Waals surface area contributed by atoms with Crippen molar-refractivity contribution in [2.75, 3.05) is 0 Å². The first-order valence-electron chi connectivity index (χ1n) is 6.10. The lowest BCUT2D eigenvalue weighted by molar-refractivity contribution is 0.475. The van der Waals surface area contributed by atoms with Gasteiger partial charge in [-0.25, -0.2) is 4.79 Å². The van der Waals surface area contributed by atoms with Crippen LogP contribution in [-0.4, -0.2) is 0 Å². The largest absolute Gasteiger partial charge is 0.455 e. The summed E-state index contributed by atoms with van der Waals surface area (Å²) in [6, 6.07) is 14.0. The molecule has 0 atom stereocenters. The Balaban J connectivity index is 2.15. The molecule has 0 spiro atoms. The van der Waals surface area contributed by atoms with Gasteiger partial charge in [-0.2, -0.15) is 0 Å². The predicted molar refractivity (Wildman–Crippen MR) is 78.7 cm³/mol. The summed E-state index contributed by atoms with van der Waals surface area (Å²) >= 11 is 6.11. The zero-order valence-electron chi connectivity index (χ0n) is 10.7. The SMILES string of the molecule is Cc1ccc(Cl)c(Oc2cc(=O)oc3ccccc23)c1. The summed E-state index contributed by atoms with van der Waals surface area (Å²) in [5.41, 5.74) is 1.05. The Hall–Kier alpha value is -2.26. The van der Waals surface area contributed by atoms with Crippen LogP contribution in [0.4, 0.5) is 0 Å². The zero-order valence-corrected chi connectivity index (χ0v) is 11.5. The quantitative estimate of drug-likeness (QED) is 0.649. The molecule has 0 aliphatic rings. The van der Waals surface area contributed by atoms with Crippen LogP contribution in [0.1, 0.15) is 5.56 Å². The van der Waals surface area contributed by atoms with Gasteiger partial charge in [0.1, 0.15) is 17.1 Å². The van der Waals surface area contributed by atoms with Crippen LogP contribution in [0.2, 0.25) is 5.02 Å². The fourth-order valence-electron chi connectivity index (χ4n) is 1.97. The molecule has 0 amide bonds. The van der Waals surface area contributed by atoms with E-state index in [0.717, 1.165) is 10.9 Å². The van der Waals surface area contributed by atoms with Crippen molar-refractivity contribution in [2.24, 2.45) is 0 Å². The van der Waals surface area contributed by atoms with E-state index in [-0.39, 0.29) is 0 Å². The Morgan fingerprint density at radius 3 is 2.70 bits per heavy atom. The summed E-state index contributed by atoms with van der Waals surface area (Å²) in [7, 11) is 0. The third-order valence-corrected chi connectivity index (χ3v) is 3.23. The van der Waals surface area contributed by atoms with Crippen LogP contribution < -0.4 is 10.4 Å². The molecule has 3 nitrogen and oxygen atoms in total. The third kappa shape index (κ3) is 2.40. The van der Waals surface area contributed by atoms with Gasteiger partial charge in [0.2, 0.25) is 0 Å². The smallest absolute Gasteiger partial charge is 0.339 e. The first kappa shape index (κ1) is 12.8. The number of ether oxygens (including phenoxy) is 1. The van der Waals surface area contributed by atoms with Gasteiger partial charge in [0.25, 0.3) is 0 Å². The third-order valence-electron chi connectivity index (χ3n) is 2.92. The van der Waals surface area contributed by atoms with Crippen LogP contribution in [0.5, 0.6) is 11.5 Å². The van der Waals surface area contributed by atoms with E-state index in [4.69, 9.17) is 20.8 Å². The van der Waals surface area contributed by atoms with Crippen LogP contribution in [-0.2, 0) is 0 Å². The molecule has 0 saturated heterocycles. The molecule has 0 aliphatic heterocycles. The van der Waals surface area contributed by atoms with Gasteiger partial charge in [-0.3, -0.25) is 0 Å². The topological polar surface area (TPSA) is 39.4 Å².